The lowest BCUT2D eigenvalue weighted by atomic mass is 9.79. The van der Waals surface area contributed by atoms with Crippen LogP contribution in [0.5, 0.6) is 0 Å². The summed E-state index contributed by atoms with van der Waals surface area (Å²) in [4.78, 5) is 6.37. The second-order valence-corrected chi connectivity index (χ2v) is 6.03. The molecule has 110 valence electrons. The smallest absolute Gasteiger partial charge is 0.141 e. The lowest BCUT2D eigenvalue weighted by Crippen LogP contribution is -2.52. The molecule has 0 radical (unpaired) electrons. The maximum absolute atomic E-state index is 13.0. The van der Waals surface area contributed by atoms with Gasteiger partial charge in [0.05, 0.1) is 18.4 Å². The molecule has 5 heteroatoms. The van der Waals surface area contributed by atoms with Crippen molar-refractivity contribution in [3.8, 4) is 0 Å². The molecule has 0 aromatic carbocycles. The molecular formula is C15H21FN2O2. The molecule has 2 saturated heterocycles. The van der Waals surface area contributed by atoms with Gasteiger partial charge in [-0.25, -0.2) is 9.37 Å². The van der Waals surface area contributed by atoms with Crippen LogP contribution < -0.4 is 4.90 Å². The fourth-order valence-corrected chi connectivity index (χ4v) is 3.41. The van der Waals surface area contributed by atoms with E-state index in [0.29, 0.717) is 19.6 Å². The summed E-state index contributed by atoms with van der Waals surface area (Å²) in [6.07, 6.45) is 4.00. The van der Waals surface area contributed by atoms with Crippen LogP contribution in [0.2, 0.25) is 0 Å². The Labute approximate surface area is 118 Å². The summed E-state index contributed by atoms with van der Waals surface area (Å²) < 4.78 is 18.6. The van der Waals surface area contributed by atoms with Gasteiger partial charge in [0.25, 0.3) is 0 Å². The molecule has 0 unspecified atom stereocenters. The first-order valence-corrected chi connectivity index (χ1v) is 7.26. The van der Waals surface area contributed by atoms with E-state index in [4.69, 9.17) is 4.74 Å². The van der Waals surface area contributed by atoms with Crippen molar-refractivity contribution in [2.75, 3.05) is 24.7 Å². The summed E-state index contributed by atoms with van der Waals surface area (Å²) in [7, 11) is 0. The minimum atomic E-state index is -0.703. The largest absolute Gasteiger partial charge is 0.390 e. The number of ether oxygens (including phenoxy) is 1. The third kappa shape index (κ3) is 2.52. The SMILES string of the molecule is C[C@]1(O)CCOC[C@H]1[C@H]1CCCN1c1ccc(F)cn1. The van der Waals surface area contributed by atoms with Gasteiger partial charge in [0.15, 0.2) is 0 Å². The Balaban J connectivity index is 1.83. The molecule has 0 bridgehead atoms. The molecule has 0 spiro atoms. The second kappa shape index (κ2) is 5.30. The number of nitrogens with zero attached hydrogens (tertiary/aromatic N) is 2. The van der Waals surface area contributed by atoms with Crippen molar-refractivity contribution in [2.24, 2.45) is 5.92 Å². The minimum Gasteiger partial charge on any atom is -0.390 e. The predicted octanol–water partition coefficient (Wildman–Crippen LogP) is 1.98. The van der Waals surface area contributed by atoms with Crippen LogP contribution in [0.1, 0.15) is 26.2 Å². The Kier molecular flexibility index (Phi) is 3.65. The highest BCUT2D eigenvalue weighted by molar-refractivity contribution is 5.41. The molecule has 1 N–H and O–H groups in total. The van der Waals surface area contributed by atoms with Gasteiger partial charge >= 0.3 is 0 Å². The Hall–Kier alpha value is -1.20. The van der Waals surface area contributed by atoms with Gasteiger partial charge in [-0.15, -0.1) is 0 Å². The fraction of sp³-hybridized carbons (Fsp3) is 0.667. The van der Waals surface area contributed by atoms with Crippen LogP contribution in [-0.4, -0.2) is 41.5 Å². The zero-order valence-electron chi connectivity index (χ0n) is 11.8. The number of anilines is 1. The molecule has 0 aliphatic carbocycles. The summed E-state index contributed by atoms with van der Waals surface area (Å²) in [6, 6.07) is 3.36. The average Bonchev–Trinajstić information content (AvgIpc) is 2.88. The summed E-state index contributed by atoms with van der Waals surface area (Å²) in [5, 5.41) is 10.6. The molecule has 3 heterocycles. The number of pyridine rings is 1. The summed E-state index contributed by atoms with van der Waals surface area (Å²) >= 11 is 0. The Morgan fingerprint density at radius 1 is 1.50 bits per heavy atom. The normalized spacial score (nSPS) is 34.5. The molecule has 2 aliphatic heterocycles. The molecular weight excluding hydrogens is 259 g/mol. The molecule has 4 nitrogen and oxygen atoms in total. The number of halogens is 1. The van der Waals surface area contributed by atoms with E-state index in [2.05, 4.69) is 9.88 Å². The standard InChI is InChI=1S/C15H21FN2O2/c1-15(19)6-8-20-10-12(15)13-3-2-7-18(13)14-5-4-11(16)9-17-14/h4-5,9,12-13,19H,2-3,6-8,10H2,1H3/t12-,13+,15-/m0/s1. The Morgan fingerprint density at radius 3 is 3.05 bits per heavy atom. The van der Waals surface area contributed by atoms with Gasteiger partial charge in [0.2, 0.25) is 0 Å². The molecule has 3 atom stereocenters. The maximum atomic E-state index is 13.0. The summed E-state index contributed by atoms with van der Waals surface area (Å²) in [6.45, 7) is 3.99. The maximum Gasteiger partial charge on any atom is 0.141 e. The van der Waals surface area contributed by atoms with Crippen molar-refractivity contribution in [2.45, 2.75) is 37.8 Å². The van der Waals surface area contributed by atoms with Gasteiger partial charge in [-0.1, -0.05) is 0 Å². The van der Waals surface area contributed by atoms with Gasteiger partial charge in [-0.3, -0.25) is 0 Å². The van der Waals surface area contributed by atoms with Crippen molar-refractivity contribution in [1.29, 1.82) is 0 Å². The molecule has 20 heavy (non-hydrogen) atoms. The molecule has 2 aliphatic rings. The monoisotopic (exact) mass is 280 g/mol. The number of aromatic nitrogens is 1. The first-order valence-electron chi connectivity index (χ1n) is 7.26. The first-order chi connectivity index (χ1) is 9.58. The van der Waals surface area contributed by atoms with Crippen LogP contribution >= 0.6 is 0 Å². The van der Waals surface area contributed by atoms with Crippen molar-refractivity contribution in [3.63, 3.8) is 0 Å². The highest BCUT2D eigenvalue weighted by Gasteiger charge is 2.44. The number of aliphatic hydroxyl groups is 1. The molecule has 0 amide bonds. The van der Waals surface area contributed by atoms with Gasteiger partial charge in [-0.05, 0) is 38.3 Å². The Morgan fingerprint density at radius 2 is 2.35 bits per heavy atom. The zero-order chi connectivity index (χ0) is 14.2. The lowest BCUT2D eigenvalue weighted by molar-refractivity contribution is -0.108. The van der Waals surface area contributed by atoms with E-state index in [1.807, 2.05) is 6.92 Å². The topological polar surface area (TPSA) is 45.6 Å². The molecule has 0 saturated carbocycles. The van der Waals surface area contributed by atoms with E-state index in [1.54, 1.807) is 6.07 Å². The highest BCUT2D eigenvalue weighted by atomic mass is 19.1. The minimum absolute atomic E-state index is 0.0746. The first kappa shape index (κ1) is 13.8. The third-order valence-electron chi connectivity index (χ3n) is 4.62. The number of hydrogen-bond acceptors (Lipinski definition) is 4. The van der Waals surface area contributed by atoms with E-state index in [0.717, 1.165) is 25.2 Å². The second-order valence-electron chi connectivity index (χ2n) is 6.03. The zero-order valence-corrected chi connectivity index (χ0v) is 11.8. The van der Waals surface area contributed by atoms with Crippen LogP contribution in [0, 0.1) is 11.7 Å². The Bertz CT molecular complexity index is 463. The fourth-order valence-electron chi connectivity index (χ4n) is 3.41. The third-order valence-corrected chi connectivity index (χ3v) is 4.62. The van der Waals surface area contributed by atoms with Crippen molar-refractivity contribution in [3.05, 3.63) is 24.1 Å². The van der Waals surface area contributed by atoms with Gasteiger partial charge < -0.3 is 14.7 Å². The van der Waals surface area contributed by atoms with Crippen molar-refractivity contribution >= 4 is 5.82 Å². The lowest BCUT2D eigenvalue weighted by Gasteiger charge is -2.43. The van der Waals surface area contributed by atoms with Crippen LogP contribution in [0.25, 0.3) is 0 Å². The summed E-state index contributed by atoms with van der Waals surface area (Å²) in [5.74, 6) is 0.540. The quantitative estimate of drug-likeness (QED) is 0.899. The van der Waals surface area contributed by atoms with E-state index in [1.165, 1.54) is 12.3 Å². The molecule has 2 fully saturated rings. The number of hydrogen-bond donors (Lipinski definition) is 1. The van der Waals surface area contributed by atoms with E-state index in [9.17, 15) is 9.50 Å². The number of rotatable bonds is 2. The summed E-state index contributed by atoms with van der Waals surface area (Å²) in [5.41, 5.74) is -0.703. The average molecular weight is 280 g/mol. The van der Waals surface area contributed by atoms with Crippen molar-refractivity contribution < 1.29 is 14.2 Å². The predicted molar refractivity (Wildman–Crippen MR) is 74.1 cm³/mol. The molecule has 1 aromatic rings. The van der Waals surface area contributed by atoms with Crippen LogP contribution in [0.4, 0.5) is 10.2 Å². The van der Waals surface area contributed by atoms with Gasteiger partial charge in [0.1, 0.15) is 11.6 Å². The molecule has 3 rings (SSSR count). The van der Waals surface area contributed by atoms with Crippen LogP contribution in [-0.2, 0) is 4.74 Å². The van der Waals surface area contributed by atoms with Gasteiger partial charge in [-0.2, -0.15) is 0 Å². The van der Waals surface area contributed by atoms with Gasteiger partial charge in [0, 0.05) is 25.1 Å². The molecule has 1 aromatic heterocycles. The van der Waals surface area contributed by atoms with Crippen LogP contribution in [0.3, 0.4) is 0 Å². The van der Waals surface area contributed by atoms with E-state index in [-0.39, 0.29) is 17.8 Å². The van der Waals surface area contributed by atoms with Crippen molar-refractivity contribution in [1.82, 2.24) is 4.98 Å². The van der Waals surface area contributed by atoms with E-state index < -0.39 is 5.60 Å². The highest BCUT2D eigenvalue weighted by Crippen LogP contribution is 2.37. The van der Waals surface area contributed by atoms with E-state index >= 15 is 0 Å². The van der Waals surface area contributed by atoms with Crippen LogP contribution in [0.15, 0.2) is 18.3 Å².